The molecule has 1 heterocycles. The summed E-state index contributed by atoms with van der Waals surface area (Å²) in [5, 5.41) is 0. The summed E-state index contributed by atoms with van der Waals surface area (Å²) in [7, 11) is 0. The fraction of sp³-hybridized carbons (Fsp3) is 0.500. The minimum absolute atomic E-state index is 0.129. The van der Waals surface area contributed by atoms with Gasteiger partial charge in [-0.15, -0.1) is 0 Å². The van der Waals surface area contributed by atoms with Crippen LogP contribution in [0.25, 0.3) is 0 Å². The first-order valence-electron chi connectivity index (χ1n) is 11.6. The van der Waals surface area contributed by atoms with Gasteiger partial charge in [0.15, 0.2) is 0 Å². The van der Waals surface area contributed by atoms with Gasteiger partial charge < -0.3 is 18.9 Å². The summed E-state index contributed by atoms with van der Waals surface area (Å²) in [5.41, 5.74) is 0.293. The molecule has 6 heteroatoms. The number of thioether (sulfide) groups is 1. The molecule has 0 saturated carbocycles. The number of benzene rings is 2. The van der Waals surface area contributed by atoms with E-state index in [1.807, 2.05) is 36.4 Å². The van der Waals surface area contributed by atoms with E-state index in [0.717, 1.165) is 30.6 Å². The maximum atomic E-state index is 12.5. The van der Waals surface area contributed by atoms with Gasteiger partial charge >= 0.3 is 5.97 Å². The molecule has 1 fully saturated rings. The molecule has 0 aromatic heterocycles. The number of carbonyl (C=O) groups excluding carboxylic acids is 1. The van der Waals surface area contributed by atoms with Gasteiger partial charge in [0.2, 0.25) is 0 Å². The number of esters is 1. The van der Waals surface area contributed by atoms with Gasteiger partial charge in [0.1, 0.15) is 30.4 Å². The van der Waals surface area contributed by atoms with Crippen LogP contribution in [0.2, 0.25) is 0 Å². The summed E-state index contributed by atoms with van der Waals surface area (Å²) < 4.78 is 24.5. The minimum Gasteiger partial charge on any atom is -0.459 e. The molecule has 32 heavy (non-hydrogen) atoms. The molecule has 4 atom stereocenters. The van der Waals surface area contributed by atoms with Crippen molar-refractivity contribution in [1.82, 2.24) is 0 Å². The van der Waals surface area contributed by atoms with Gasteiger partial charge in [-0.3, -0.25) is 0 Å². The second kappa shape index (κ2) is 13.6. The first-order valence-corrected chi connectivity index (χ1v) is 12.4. The Morgan fingerprint density at radius 2 is 1.47 bits per heavy atom. The van der Waals surface area contributed by atoms with Gasteiger partial charge in [-0.2, -0.15) is 0 Å². The van der Waals surface area contributed by atoms with Crippen LogP contribution in [0.3, 0.4) is 0 Å². The Kier molecular flexibility index (Phi) is 10.6. The van der Waals surface area contributed by atoms with Crippen LogP contribution in [0.5, 0.6) is 0 Å². The van der Waals surface area contributed by atoms with Crippen molar-refractivity contribution in [2.75, 3.05) is 19.8 Å². The Bertz CT molecular complexity index is 785. The molecule has 0 aliphatic carbocycles. The van der Waals surface area contributed by atoms with Gasteiger partial charge in [0.25, 0.3) is 0 Å². The van der Waals surface area contributed by atoms with E-state index in [1.165, 1.54) is 0 Å². The lowest BCUT2D eigenvalue weighted by Crippen LogP contribution is -2.39. The Hall–Kier alpha value is -1.86. The molecule has 2 aromatic carbocycles. The van der Waals surface area contributed by atoms with Crippen LogP contribution in [0.4, 0.5) is 0 Å². The highest BCUT2D eigenvalue weighted by molar-refractivity contribution is 7.99. The highest BCUT2D eigenvalue weighted by Crippen LogP contribution is 2.37. The molecule has 2 aromatic rings. The lowest BCUT2D eigenvalue weighted by Gasteiger charge is -2.24. The summed E-state index contributed by atoms with van der Waals surface area (Å²) in [5.74, 6) is -0.357. The molecule has 1 aliphatic rings. The Morgan fingerprint density at radius 1 is 0.875 bits per heavy atom. The number of hydrogen-bond donors (Lipinski definition) is 0. The summed E-state index contributed by atoms with van der Waals surface area (Å²) in [6.45, 7) is 5.69. The first-order chi connectivity index (χ1) is 15.7. The second-order valence-electron chi connectivity index (χ2n) is 7.82. The molecule has 0 amide bonds. The third-order valence-electron chi connectivity index (χ3n) is 5.27. The molecule has 1 unspecified atom stereocenters. The predicted octanol–water partition coefficient (Wildman–Crippen LogP) is 5.73. The standard InChI is InChI=1S/C26H34O5S/c1-3-5-17-28-23-22(19-30-25(27)20-13-9-7-10-14-20)31-26(24(23)29-18-6-4-2)32-21-15-11-8-12-16-21/h7-16,22-24,26H,3-6,17-19H2,1-2H3/t22-,23?,24-,26+/m1/s1. The van der Waals surface area contributed by atoms with E-state index >= 15 is 0 Å². The maximum absolute atomic E-state index is 12.5. The molecular formula is C26H34O5S. The quantitative estimate of drug-likeness (QED) is 0.282. The average Bonchev–Trinajstić information content (AvgIpc) is 3.15. The highest BCUT2D eigenvalue weighted by atomic mass is 32.2. The van der Waals surface area contributed by atoms with Crippen molar-refractivity contribution in [3.63, 3.8) is 0 Å². The van der Waals surface area contributed by atoms with Gasteiger partial charge in [0, 0.05) is 18.1 Å². The Labute approximate surface area is 195 Å². The van der Waals surface area contributed by atoms with E-state index in [4.69, 9.17) is 18.9 Å². The predicted molar refractivity (Wildman–Crippen MR) is 127 cm³/mol. The monoisotopic (exact) mass is 458 g/mol. The zero-order valence-corrected chi connectivity index (χ0v) is 19.8. The summed E-state index contributed by atoms with van der Waals surface area (Å²) >= 11 is 1.63. The topological polar surface area (TPSA) is 54.0 Å². The van der Waals surface area contributed by atoms with Crippen LogP contribution >= 0.6 is 11.8 Å². The van der Waals surface area contributed by atoms with Crippen molar-refractivity contribution in [3.05, 3.63) is 66.2 Å². The van der Waals surface area contributed by atoms with Crippen molar-refractivity contribution in [3.8, 4) is 0 Å². The van der Waals surface area contributed by atoms with Gasteiger partial charge in [-0.25, -0.2) is 4.79 Å². The zero-order valence-electron chi connectivity index (χ0n) is 19.0. The van der Waals surface area contributed by atoms with E-state index in [0.29, 0.717) is 18.8 Å². The van der Waals surface area contributed by atoms with Crippen LogP contribution < -0.4 is 0 Å². The molecule has 0 spiro atoms. The SMILES string of the molecule is CCCCOC1[C@@H](OCCCC)[C@H](Sc2ccccc2)O[C@@H]1COC(=O)c1ccccc1. The van der Waals surface area contributed by atoms with E-state index in [-0.39, 0.29) is 36.3 Å². The smallest absolute Gasteiger partial charge is 0.338 e. The van der Waals surface area contributed by atoms with Crippen LogP contribution in [0, 0.1) is 0 Å². The number of carbonyl (C=O) groups is 1. The second-order valence-corrected chi connectivity index (χ2v) is 8.99. The van der Waals surface area contributed by atoms with Gasteiger partial charge in [0.05, 0.1) is 5.56 Å². The van der Waals surface area contributed by atoms with Crippen LogP contribution in [-0.4, -0.2) is 49.5 Å². The minimum atomic E-state index is -0.382. The fourth-order valence-electron chi connectivity index (χ4n) is 3.47. The molecule has 0 bridgehead atoms. The normalized spacial score (nSPS) is 22.7. The van der Waals surface area contributed by atoms with Gasteiger partial charge in [-0.05, 0) is 37.1 Å². The Balaban J connectivity index is 1.71. The van der Waals surface area contributed by atoms with E-state index in [1.54, 1.807) is 23.9 Å². The fourth-order valence-corrected chi connectivity index (χ4v) is 4.62. The molecule has 5 nitrogen and oxygen atoms in total. The van der Waals surface area contributed by atoms with E-state index < -0.39 is 0 Å². The lowest BCUT2D eigenvalue weighted by molar-refractivity contribution is -0.0740. The van der Waals surface area contributed by atoms with Crippen LogP contribution in [-0.2, 0) is 18.9 Å². The Morgan fingerprint density at radius 3 is 2.09 bits per heavy atom. The summed E-state index contributed by atoms with van der Waals surface area (Å²) in [4.78, 5) is 13.6. The first kappa shape index (κ1) is 24.8. The van der Waals surface area contributed by atoms with E-state index in [2.05, 4.69) is 26.0 Å². The molecule has 0 radical (unpaired) electrons. The van der Waals surface area contributed by atoms with Crippen molar-refractivity contribution in [1.29, 1.82) is 0 Å². The number of hydrogen-bond acceptors (Lipinski definition) is 6. The highest BCUT2D eigenvalue weighted by Gasteiger charge is 2.47. The summed E-state index contributed by atoms with van der Waals surface area (Å²) in [6, 6.07) is 19.2. The third-order valence-corrected chi connectivity index (χ3v) is 6.42. The van der Waals surface area contributed by atoms with Gasteiger partial charge in [-0.1, -0.05) is 74.8 Å². The van der Waals surface area contributed by atoms with Crippen molar-refractivity contribution < 1.29 is 23.7 Å². The van der Waals surface area contributed by atoms with Crippen LogP contribution in [0.1, 0.15) is 49.9 Å². The summed E-state index contributed by atoms with van der Waals surface area (Å²) in [6.07, 6.45) is 3.15. The molecule has 1 aliphatic heterocycles. The number of rotatable bonds is 13. The average molecular weight is 459 g/mol. The molecular weight excluding hydrogens is 424 g/mol. The maximum Gasteiger partial charge on any atom is 0.338 e. The van der Waals surface area contributed by atoms with Crippen molar-refractivity contribution in [2.24, 2.45) is 0 Å². The molecule has 1 saturated heterocycles. The number of unbranched alkanes of at least 4 members (excludes halogenated alkanes) is 2. The van der Waals surface area contributed by atoms with Crippen LogP contribution in [0.15, 0.2) is 65.6 Å². The third kappa shape index (κ3) is 7.34. The lowest BCUT2D eigenvalue weighted by atomic mass is 10.1. The molecule has 0 N–H and O–H groups in total. The zero-order chi connectivity index (χ0) is 22.6. The van der Waals surface area contributed by atoms with E-state index in [9.17, 15) is 4.79 Å². The largest absolute Gasteiger partial charge is 0.459 e. The molecule has 3 rings (SSSR count). The number of ether oxygens (including phenoxy) is 4. The van der Waals surface area contributed by atoms with Crippen molar-refractivity contribution >= 4 is 17.7 Å². The van der Waals surface area contributed by atoms with Crippen molar-refractivity contribution in [2.45, 2.75) is 68.2 Å². The molecule has 174 valence electrons.